The molecule has 5 aliphatic heterocycles. The second kappa shape index (κ2) is 23.2. The molecule has 73 heavy (non-hydrogen) atoms. The van der Waals surface area contributed by atoms with Gasteiger partial charge in [0, 0.05) is 127 Å². The molecule has 4 saturated heterocycles. The number of carbonyl (C=O) groups is 4. The molecule has 4 fully saturated rings. The first kappa shape index (κ1) is 50.1. The van der Waals surface area contributed by atoms with Crippen molar-refractivity contribution in [3.05, 3.63) is 135 Å². The van der Waals surface area contributed by atoms with Crippen molar-refractivity contribution < 1.29 is 23.6 Å². The van der Waals surface area contributed by atoms with E-state index in [0.717, 1.165) is 108 Å². The number of amides is 4. The minimum Gasteiger partial charge on any atom is -0.352 e. The highest BCUT2D eigenvalue weighted by atomic mass is 19.1. The minimum absolute atomic E-state index is 0.0109. The molecule has 0 aliphatic carbocycles. The summed E-state index contributed by atoms with van der Waals surface area (Å²) in [5.74, 6) is 0.00212. The van der Waals surface area contributed by atoms with E-state index < -0.39 is 11.7 Å². The molecule has 3 aromatic carbocycles. The number of fused-ring (bicyclic) bond motifs is 2. The molecule has 5 aromatic rings. The fourth-order valence-electron chi connectivity index (χ4n) is 11.4. The highest BCUT2D eigenvalue weighted by Gasteiger charge is 2.31. The van der Waals surface area contributed by atoms with Crippen LogP contribution in [0, 0.1) is 11.7 Å². The third-order valence-electron chi connectivity index (χ3n) is 15.7. The summed E-state index contributed by atoms with van der Waals surface area (Å²) >= 11 is 0. The van der Waals surface area contributed by atoms with Gasteiger partial charge in [-0.05, 0) is 99.1 Å². The molecule has 0 bridgehead atoms. The average molecular weight is 995 g/mol. The molecule has 5 aliphatic rings. The lowest BCUT2D eigenvalue weighted by molar-refractivity contribution is -0.134. The Morgan fingerprint density at radius 1 is 0.726 bits per heavy atom. The quantitative estimate of drug-likeness (QED) is 0.146. The maximum Gasteiger partial charge on any atom is 0.272 e. The molecule has 2 aromatic heterocycles. The Labute approximate surface area is 425 Å². The molecule has 10 rings (SSSR count). The molecule has 4 amide bonds. The normalized spacial score (nSPS) is 19.6. The van der Waals surface area contributed by atoms with Crippen molar-refractivity contribution in [3.8, 4) is 0 Å². The van der Waals surface area contributed by atoms with Crippen LogP contribution < -0.4 is 10.9 Å². The van der Waals surface area contributed by atoms with E-state index in [1.165, 1.54) is 6.07 Å². The number of aromatic amines is 1. The number of benzene rings is 3. The van der Waals surface area contributed by atoms with Gasteiger partial charge >= 0.3 is 0 Å². The lowest BCUT2D eigenvalue weighted by Crippen LogP contribution is -2.55. The van der Waals surface area contributed by atoms with E-state index in [1.54, 1.807) is 35.5 Å². The Bertz CT molecular complexity index is 2810. The summed E-state index contributed by atoms with van der Waals surface area (Å²) in [7, 11) is 0. The first-order valence-electron chi connectivity index (χ1n) is 26.2. The van der Waals surface area contributed by atoms with E-state index >= 15 is 4.39 Å². The largest absolute Gasteiger partial charge is 0.352 e. The molecule has 7 heterocycles. The van der Waals surface area contributed by atoms with Gasteiger partial charge in [-0.3, -0.25) is 33.8 Å². The van der Waals surface area contributed by atoms with Crippen molar-refractivity contribution in [2.75, 3.05) is 111 Å². The van der Waals surface area contributed by atoms with E-state index in [1.807, 2.05) is 46.3 Å². The Kier molecular flexibility index (Phi) is 15.9. The SMILES string of the molecule is O=C(NCCCN1CCC(CN2CCN(CC(=O)N3CCN(C(=O)c4cc(Cc5n[nH]c(=O)c6ccccc56)ccc4F)CC3)CC2)CC1)c1cccc([C@@H]2CCCN(C(=O)CN3Cc4cncnc4C3)C2)c1. The summed E-state index contributed by atoms with van der Waals surface area (Å²) < 4.78 is 15.1. The van der Waals surface area contributed by atoms with Gasteiger partial charge in [0.15, 0.2) is 0 Å². The maximum atomic E-state index is 15.1. The van der Waals surface area contributed by atoms with Crippen molar-refractivity contribution in [1.82, 2.24) is 59.8 Å². The monoisotopic (exact) mass is 995 g/mol. The van der Waals surface area contributed by atoms with E-state index in [9.17, 15) is 24.0 Å². The molecule has 18 heteroatoms. The summed E-state index contributed by atoms with van der Waals surface area (Å²) in [5.41, 5.74) is 4.93. The van der Waals surface area contributed by atoms with E-state index in [4.69, 9.17) is 0 Å². The van der Waals surface area contributed by atoms with Gasteiger partial charge in [-0.1, -0.05) is 36.4 Å². The molecular weight excluding hydrogens is 928 g/mol. The van der Waals surface area contributed by atoms with E-state index in [-0.39, 0.29) is 34.8 Å². The third-order valence-corrected chi connectivity index (χ3v) is 15.7. The summed E-state index contributed by atoms with van der Waals surface area (Å²) in [5, 5.41) is 11.2. The Balaban J connectivity index is 0.588. The van der Waals surface area contributed by atoms with Crippen LogP contribution in [-0.4, -0.2) is 189 Å². The fraction of sp³-hybridized carbons (Fsp3) is 0.491. The standard InChI is InChI=1S/C55H67FN12O5/c56-48-12-11-40(29-49-45-9-1-2-10-46(45)54(72)61-60-49)28-47(48)55(73)67-26-24-66(25-27-67)51(69)36-64-22-20-63(21-23-64)32-39-13-18-62(19-14-39)16-5-15-58-53(71)42-7-3-6-41(30-42)43-8-4-17-68(34-43)52(70)37-65-33-44-31-57-38-59-50(44)35-65/h1-3,6-7,9-12,28,30-31,38-39,43H,4-5,8,13-27,29,32-37H2,(H,58,71)(H,61,72)/t43-/m1/s1. The second-order valence-electron chi connectivity index (χ2n) is 20.6. The molecule has 0 saturated carbocycles. The number of H-pyrrole nitrogens is 1. The van der Waals surface area contributed by atoms with Crippen LogP contribution in [0.1, 0.15) is 86.8 Å². The van der Waals surface area contributed by atoms with Crippen molar-refractivity contribution in [1.29, 1.82) is 0 Å². The number of carbonyl (C=O) groups excluding carboxylic acids is 4. The van der Waals surface area contributed by atoms with Gasteiger partial charge < -0.3 is 29.8 Å². The number of piperazine rings is 2. The van der Waals surface area contributed by atoms with Crippen molar-refractivity contribution in [2.45, 2.75) is 57.5 Å². The highest BCUT2D eigenvalue weighted by Crippen LogP contribution is 2.29. The molecule has 17 nitrogen and oxygen atoms in total. The number of nitrogens with zero attached hydrogens (tertiary/aromatic N) is 10. The number of aromatic nitrogens is 4. The van der Waals surface area contributed by atoms with Crippen molar-refractivity contribution >= 4 is 34.4 Å². The van der Waals surface area contributed by atoms with Crippen LogP contribution in [0.2, 0.25) is 0 Å². The number of hydrogen-bond acceptors (Lipinski definition) is 12. The smallest absolute Gasteiger partial charge is 0.272 e. The van der Waals surface area contributed by atoms with Crippen molar-refractivity contribution in [2.24, 2.45) is 5.92 Å². The first-order valence-corrected chi connectivity index (χ1v) is 26.2. The van der Waals surface area contributed by atoms with Crippen LogP contribution in [0.5, 0.6) is 0 Å². The van der Waals surface area contributed by atoms with Crippen LogP contribution in [0.4, 0.5) is 4.39 Å². The Morgan fingerprint density at radius 2 is 1.48 bits per heavy atom. The summed E-state index contributed by atoms with van der Waals surface area (Å²) in [6, 6.07) is 19.6. The molecular formula is C55H67FN12O5. The molecule has 0 radical (unpaired) electrons. The van der Waals surface area contributed by atoms with Gasteiger partial charge in [-0.25, -0.2) is 19.5 Å². The lowest BCUT2D eigenvalue weighted by atomic mass is 9.89. The molecule has 2 N–H and O–H groups in total. The predicted molar refractivity (Wildman–Crippen MR) is 274 cm³/mol. The van der Waals surface area contributed by atoms with Gasteiger partial charge in [-0.15, -0.1) is 0 Å². The zero-order valence-corrected chi connectivity index (χ0v) is 41.7. The zero-order valence-electron chi connectivity index (χ0n) is 41.7. The van der Waals surface area contributed by atoms with Crippen LogP contribution in [0.25, 0.3) is 10.8 Å². The van der Waals surface area contributed by atoms with Crippen LogP contribution in [-0.2, 0) is 29.1 Å². The van der Waals surface area contributed by atoms with E-state index in [2.05, 4.69) is 51.1 Å². The number of likely N-dealkylation sites (tertiary alicyclic amines) is 2. The summed E-state index contributed by atoms with van der Waals surface area (Å²) in [6.45, 7) is 13.3. The highest BCUT2D eigenvalue weighted by molar-refractivity contribution is 5.95. The second-order valence-corrected chi connectivity index (χ2v) is 20.6. The number of nitrogens with one attached hydrogen (secondary N) is 2. The average Bonchev–Trinajstić information content (AvgIpc) is 3.84. The number of rotatable bonds is 15. The maximum absolute atomic E-state index is 15.1. The van der Waals surface area contributed by atoms with Crippen LogP contribution >= 0.6 is 0 Å². The van der Waals surface area contributed by atoms with Gasteiger partial charge in [0.2, 0.25) is 11.8 Å². The Hall–Kier alpha value is -6.47. The zero-order chi connectivity index (χ0) is 50.3. The Morgan fingerprint density at radius 3 is 2.29 bits per heavy atom. The summed E-state index contributed by atoms with van der Waals surface area (Å²) in [6.07, 6.45) is 8.86. The van der Waals surface area contributed by atoms with Gasteiger partial charge in [0.1, 0.15) is 12.1 Å². The molecule has 1 atom stereocenters. The van der Waals surface area contributed by atoms with Crippen LogP contribution in [0.15, 0.2) is 84.0 Å². The third kappa shape index (κ3) is 12.3. The fourth-order valence-corrected chi connectivity index (χ4v) is 11.4. The predicted octanol–water partition coefficient (Wildman–Crippen LogP) is 3.60. The molecule has 0 spiro atoms. The van der Waals surface area contributed by atoms with Crippen LogP contribution in [0.3, 0.4) is 0 Å². The lowest BCUT2D eigenvalue weighted by Gasteiger charge is -2.40. The molecule has 0 unspecified atom stereocenters. The van der Waals surface area contributed by atoms with Crippen molar-refractivity contribution in [3.63, 3.8) is 0 Å². The van der Waals surface area contributed by atoms with E-state index in [0.29, 0.717) is 105 Å². The van der Waals surface area contributed by atoms with Gasteiger partial charge in [0.05, 0.1) is 35.4 Å². The number of piperidine rings is 2. The minimum atomic E-state index is -0.595. The first-order chi connectivity index (χ1) is 35.6. The van der Waals surface area contributed by atoms with Gasteiger partial charge in [0.25, 0.3) is 17.4 Å². The van der Waals surface area contributed by atoms with Gasteiger partial charge in [-0.2, -0.15) is 5.10 Å². The topological polar surface area (TPSA) is 175 Å². The summed E-state index contributed by atoms with van der Waals surface area (Å²) in [4.78, 5) is 89.2. The number of halogens is 1. The molecule has 384 valence electrons. The number of hydrogen-bond donors (Lipinski definition) is 2.